The number of hydrogen-bond donors (Lipinski definition) is 3. The Hall–Kier alpha value is -4.40. The summed E-state index contributed by atoms with van der Waals surface area (Å²) in [5, 5.41) is 2.66. The third kappa shape index (κ3) is 8.56. The maximum absolute atomic E-state index is 14.4. The van der Waals surface area contributed by atoms with Gasteiger partial charge in [-0.25, -0.2) is 9.18 Å². The van der Waals surface area contributed by atoms with Crippen molar-refractivity contribution in [3.8, 4) is 0 Å². The zero-order valence-corrected chi connectivity index (χ0v) is 23.1. The Morgan fingerprint density at radius 1 is 0.950 bits per heavy atom. The molecule has 0 bridgehead atoms. The molecule has 9 heteroatoms. The zero-order valence-electron chi connectivity index (χ0n) is 23.1. The molecule has 3 rings (SSSR count). The molecule has 0 saturated carbocycles. The van der Waals surface area contributed by atoms with Crippen LogP contribution in [0, 0.1) is 5.82 Å². The summed E-state index contributed by atoms with van der Waals surface area (Å²) in [6.45, 7) is 5.41. The molecule has 0 unspecified atom stereocenters. The van der Waals surface area contributed by atoms with Crippen LogP contribution < -0.4 is 16.8 Å². The molecule has 0 aromatic heterocycles. The quantitative estimate of drug-likeness (QED) is 0.236. The molecular weight excluding hydrogens is 511 g/mol. The second-order valence-electron chi connectivity index (χ2n) is 10.6. The van der Waals surface area contributed by atoms with Gasteiger partial charge in [0.2, 0.25) is 11.8 Å². The van der Waals surface area contributed by atoms with Gasteiger partial charge in [0.05, 0.1) is 11.6 Å². The topological polar surface area (TPSA) is 128 Å². The molecule has 0 spiro atoms. The van der Waals surface area contributed by atoms with Gasteiger partial charge in [-0.05, 0) is 62.4 Å². The largest absolute Gasteiger partial charge is 0.444 e. The normalized spacial score (nSPS) is 12.0. The standard InChI is InChI=1S/C31H37FN4O4/c1-31(2,3)40-30(39)35-18-10-15-26(28(34)37)36(20-21-16-17-25(33)24(32)19-21)29(38)27(22-11-6-4-7-12-22)23-13-8-5-9-14-23/h4-9,11-14,16-17,19,26-27H,10,15,18,20,33H2,1-3H3,(H2,34,37)(H,35,39)/t26-/m1/s1. The van der Waals surface area contributed by atoms with E-state index in [4.69, 9.17) is 16.2 Å². The second kappa shape index (κ2) is 13.6. The van der Waals surface area contributed by atoms with Crippen LogP contribution in [0.2, 0.25) is 0 Å². The predicted octanol–water partition coefficient (Wildman–Crippen LogP) is 4.73. The minimum atomic E-state index is -1.02. The number of anilines is 1. The van der Waals surface area contributed by atoms with E-state index in [0.717, 1.165) is 11.1 Å². The number of nitrogen functional groups attached to an aromatic ring is 1. The number of nitrogens with two attached hydrogens (primary N) is 2. The summed E-state index contributed by atoms with van der Waals surface area (Å²) in [6, 6.07) is 21.7. The van der Waals surface area contributed by atoms with Crippen LogP contribution in [0.15, 0.2) is 78.9 Å². The van der Waals surface area contributed by atoms with Gasteiger partial charge in [-0.3, -0.25) is 9.59 Å². The number of benzene rings is 3. The van der Waals surface area contributed by atoms with Gasteiger partial charge < -0.3 is 26.4 Å². The van der Waals surface area contributed by atoms with Gasteiger partial charge in [0.15, 0.2) is 0 Å². The Morgan fingerprint density at radius 3 is 2.02 bits per heavy atom. The van der Waals surface area contributed by atoms with Crippen molar-refractivity contribution in [1.82, 2.24) is 10.2 Å². The van der Waals surface area contributed by atoms with E-state index in [1.807, 2.05) is 60.7 Å². The average Bonchev–Trinajstić information content (AvgIpc) is 2.90. The van der Waals surface area contributed by atoms with E-state index in [1.54, 1.807) is 26.8 Å². The molecule has 0 radical (unpaired) electrons. The van der Waals surface area contributed by atoms with Crippen molar-refractivity contribution in [1.29, 1.82) is 0 Å². The van der Waals surface area contributed by atoms with Crippen molar-refractivity contribution < 1.29 is 23.5 Å². The van der Waals surface area contributed by atoms with E-state index in [9.17, 15) is 18.8 Å². The van der Waals surface area contributed by atoms with Crippen molar-refractivity contribution in [3.63, 3.8) is 0 Å². The van der Waals surface area contributed by atoms with Crippen LogP contribution in [-0.2, 0) is 20.9 Å². The first-order valence-electron chi connectivity index (χ1n) is 13.2. The lowest BCUT2D eigenvalue weighted by molar-refractivity contribution is -0.141. The Labute approximate surface area is 234 Å². The van der Waals surface area contributed by atoms with Crippen molar-refractivity contribution in [2.75, 3.05) is 12.3 Å². The summed E-state index contributed by atoms with van der Waals surface area (Å²) < 4.78 is 19.6. The van der Waals surface area contributed by atoms with Crippen LogP contribution in [0.5, 0.6) is 0 Å². The first kappa shape index (κ1) is 30.1. The van der Waals surface area contributed by atoms with E-state index < -0.39 is 35.4 Å². The van der Waals surface area contributed by atoms with Gasteiger partial charge in [-0.15, -0.1) is 0 Å². The molecule has 0 saturated heterocycles. The smallest absolute Gasteiger partial charge is 0.407 e. The Balaban J connectivity index is 1.93. The number of amides is 3. The van der Waals surface area contributed by atoms with Crippen LogP contribution in [0.1, 0.15) is 56.2 Å². The van der Waals surface area contributed by atoms with Gasteiger partial charge in [0.1, 0.15) is 17.5 Å². The summed E-state index contributed by atoms with van der Waals surface area (Å²) in [5.41, 5.74) is 12.8. The summed E-state index contributed by atoms with van der Waals surface area (Å²) in [5.74, 6) is -2.42. The summed E-state index contributed by atoms with van der Waals surface area (Å²) >= 11 is 0. The van der Waals surface area contributed by atoms with Crippen LogP contribution in [0.4, 0.5) is 14.9 Å². The minimum Gasteiger partial charge on any atom is -0.444 e. The van der Waals surface area contributed by atoms with E-state index >= 15 is 0 Å². The van der Waals surface area contributed by atoms with Gasteiger partial charge in [0, 0.05) is 13.1 Å². The van der Waals surface area contributed by atoms with Gasteiger partial charge in [-0.2, -0.15) is 0 Å². The third-order valence-corrected chi connectivity index (χ3v) is 6.24. The van der Waals surface area contributed by atoms with Gasteiger partial charge in [-0.1, -0.05) is 66.7 Å². The molecule has 0 aliphatic carbocycles. The zero-order chi connectivity index (χ0) is 29.3. The van der Waals surface area contributed by atoms with E-state index in [2.05, 4.69) is 5.32 Å². The molecule has 5 N–H and O–H groups in total. The lowest BCUT2D eigenvalue weighted by Gasteiger charge is -2.33. The third-order valence-electron chi connectivity index (χ3n) is 6.24. The highest BCUT2D eigenvalue weighted by molar-refractivity contribution is 5.92. The SMILES string of the molecule is CC(C)(C)OC(=O)NCCC[C@H](C(N)=O)N(Cc1ccc(N)c(F)c1)C(=O)C(c1ccccc1)c1ccccc1. The number of primary amides is 1. The number of nitrogens with zero attached hydrogens (tertiary/aromatic N) is 1. The number of carbonyl (C=O) groups is 3. The molecule has 3 aromatic rings. The Kier molecular flexibility index (Phi) is 10.2. The summed E-state index contributed by atoms with van der Waals surface area (Å²) in [4.78, 5) is 40.6. The van der Waals surface area contributed by atoms with Crippen LogP contribution >= 0.6 is 0 Å². The van der Waals surface area contributed by atoms with Gasteiger partial charge in [0.25, 0.3) is 0 Å². The molecule has 212 valence electrons. The molecular formula is C31H37FN4O4. The van der Waals surface area contributed by atoms with Crippen LogP contribution in [0.25, 0.3) is 0 Å². The van der Waals surface area contributed by atoms with Crippen molar-refractivity contribution >= 4 is 23.6 Å². The fourth-order valence-electron chi connectivity index (χ4n) is 4.39. The van der Waals surface area contributed by atoms with Crippen molar-refractivity contribution in [2.45, 2.75) is 57.7 Å². The van der Waals surface area contributed by atoms with E-state index in [0.29, 0.717) is 12.0 Å². The fraction of sp³-hybridized carbons (Fsp3) is 0.323. The van der Waals surface area contributed by atoms with Gasteiger partial charge >= 0.3 is 6.09 Å². The summed E-state index contributed by atoms with van der Waals surface area (Å²) in [6.07, 6.45) is -0.0692. The lowest BCUT2D eigenvalue weighted by atomic mass is 9.89. The Morgan fingerprint density at radius 2 is 1.52 bits per heavy atom. The van der Waals surface area contributed by atoms with E-state index in [-0.39, 0.29) is 31.1 Å². The average molecular weight is 549 g/mol. The molecule has 3 aromatic carbocycles. The molecule has 0 heterocycles. The number of alkyl carbamates (subject to hydrolysis) is 1. The molecule has 3 amide bonds. The molecule has 1 atom stereocenters. The maximum atomic E-state index is 14.4. The minimum absolute atomic E-state index is 0.0206. The first-order valence-corrected chi connectivity index (χ1v) is 13.2. The fourth-order valence-corrected chi connectivity index (χ4v) is 4.39. The highest BCUT2D eigenvalue weighted by Gasteiger charge is 2.34. The number of halogens is 1. The van der Waals surface area contributed by atoms with Crippen molar-refractivity contribution in [2.24, 2.45) is 5.73 Å². The molecule has 8 nitrogen and oxygen atoms in total. The number of hydrogen-bond acceptors (Lipinski definition) is 5. The van der Waals surface area contributed by atoms with Crippen molar-refractivity contribution in [3.05, 3.63) is 101 Å². The number of ether oxygens (including phenoxy) is 1. The monoisotopic (exact) mass is 548 g/mol. The van der Waals surface area contributed by atoms with Crippen LogP contribution in [-0.4, -0.2) is 41.0 Å². The van der Waals surface area contributed by atoms with E-state index in [1.165, 1.54) is 17.0 Å². The highest BCUT2D eigenvalue weighted by Crippen LogP contribution is 2.29. The predicted molar refractivity (Wildman–Crippen MR) is 153 cm³/mol. The summed E-state index contributed by atoms with van der Waals surface area (Å²) in [7, 11) is 0. The molecule has 0 aliphatic rings. The first-order chi connectivity index (χ1) is 19.0. The highest BCUT2D eigenvalue weighted by atomic mass is 19.1. The Bertz CT molecular complexity index is 1260. The molecule has 40 heavy (non-hydrogen) atoms. The number of nitrogens with one attached hydrogen (secondary N) is 1. The maximum Gasteiger partial charge on any atom is 0.407 e. The second-order valence-corrected chi connectivity index (χ2v) is 10.6. The van der Waals surface area contributed by atoms with Crippen LogP contribution in [0.3, 0.4) is 0 Å². The number of carbonyl (C=O) groups excluding carboxylic acids is 3. The molecule has 0 aliphatic heterocycles. The lowest BCUT2D eigenvalue weighted by Crippen LogP contribution is -2.49. The molecule has 0 fully saturated rings. The number of rotatable bonds is 11.